The monoisotopic (exact) mass is 289 g/mol. The van der Waals surface area contributed by atoms with Crippen LogP contribution in [0.5, 0.6) is 0 Å². The van der Waals surface area contributed by atoms with Gasteiger partial charge in [0.1, 0.15) is 0 Å². The number of rotatable bonds is 6. The van der Waals surface area contributed by atoms with E-state index in [-0.39, 0.29) is 30.6 Å². The number of carbonyl (C=O) groups is 2. The number of likely N-dealkylation sites (tertiary alicyclic amines) is 1. The van der Waals surface area contributed by atoms with E-state index in [2.05, 4.69) is 0 Å². The predicted molar refractivity (Wildman–Crippen MR) is 81.0 cm³/mol. The zero-order chi connectivity index (χ0) is 15.2. The molecular weight excluding hydrogens is 266 g/mol. The van der Waals surface area contributed by atoms with Crippen LogP contribution in [0, 0.1) is 0 Å². The summed E-state index contributed by atoms with van der Waals surface area (Å²) >= 11 is 0. The van der Waals surface area contributed by atoms with Crippen molar-refractivity contribution in [1.82, 2.24) is 4.90 Å². The van der Waals surface area contributed by atoms with Gasteiger partial charge in [-0.05, 0) is 19.3 Å². The Morgan fingerprint density at radius 1 is 1.29 bits per heavy atom. The van der Waals surface area contributed by atoms with Crippen LogP contribution in [0.4, 0.5) is 0 Å². The number of amides is 1. The van der Waals surface area contributed by atoms with Crippen LogP contribution in [0.1, 0.15) is 49.4 Å². The first-order chi connectivity index (χ1) is 10.1. The zero-order valence-electron chi connectivity index (χ0n) is 12.5. The number of carbonyl (C=O) groups excluding carboxylic acids is 2. The molecule has 4 heteroatoms. The molecule has 114 valence electrons. The second kappa shape index (κ2) is 7.36. The maximum atomic E-state index is 12.3. The summed E-state index contributed by atoms with van der Waals surface area (Å²) in [6.45, 7) is 2.62. The van der Waals surface area contributed by atoms with Gasteiger partial charge in [-0.25, -0.2) is 0 Å². The van der Waals surface area contributed by atoms with Crippen LogP contribution in [0.25, 0.3) is 0 Å². The van der Waals surface area contributed by atoms with E-state index in [9.17, 15) is 14.7 Å². The van der Waals surface area contributed by atoms with Crippen molar-refractivity contribution < 1.29 is 14.7 Å². The molecule has 4 nitrogen and oxygen atoms in total. The number of hydrogen-bond donors (Lipinski definition) is 1. The van der Waals surface area contributed by atoms with Crippen LogP contribution in [0.2, 0.25) is 0 Å². The van der Waals surface area contributed by atoms with Gasteiger partial charge in [0, 0.05) is 24.9 Å². The molecule has 0 radical (unpaired) electrons. The molecule has 1 heterocycles. The molecule has 0 spiro atoms. The van der Waals surface area contributed by atoms with Gasteiger partial charge in [-0.1, -0.05) is 37.3 Å². The number of hydrogen-bond acceptors (Lipinski definition) is 3. The maximum Gasteiger partial charge on any atom is 0.223 e. The number of benzene rings is 1. The Labute approximate surface area is 125 Å². The molecule has 1 N–H and O–H groups in total. The van der Waals surface area contributed by atoms with E-state index in [0.29, 0.717) is 18.5 Å². The van der Waals surface area contributed by atoms with Crippen LogP contribution >= 0.6 is 0 Å². The molecule has 1 aliphatic heterocycles. The van der Waals surface area contributed by atoms with Crippen molar-refractivity contribution in [3.05, 3.63) is 35.9 Å². The molecule has 0 aromatic heterocycles. The standard InChI is InChI=1S/C17H23NO3/c1-2-15(19)14-9-6-12-18(14)17(21)11-10-16(20)13-7-4-3-5-8-13/h3-5,7-8,14-15,19H,2,6,9-12H2,1H3. The van der Waals surface area contributed by atoms with Gasteiger partial charge in [-0.2, -0.15) is 0 Å². The highest BCUT2D eigenvalue weighted by Crippen LogP contribution is 2.23. The lowest BCUT2D eigenvalue weighted by Gasteiger charge is -2.28. The average molecular weight is 289 g/mol. The van der Waals surface area contributed by atoms with Gasteiger partial charge in [-0.3, -0.25) is 9.59 Å². The first-order valence-corrected chi connectivity index (χ1v) is 7.69. The van der Waals surface area contributed by atoms with Gasteiger partial charge in [0.2, 0.25) is 5.91 Å². The SMILES string of the molecule is CCC(O)C1CCCN1C(=O)CCC(=O)c1ccccc1. The van der Waals surface area contributed by atoms with E-state index < -0.39 is 6.10 Å². The van der Waals surface area contributed by atoms with Crippen LogP contribution in [-0.4, -0.2) is 40.4 Å². The second-order valence-electron chi connectivity index (χ2n) is 5.56. The number of nitrogens with zero attached hydrogens (tertiary/aromatic N) is 1. The van der Waals surface area contributed by atoms with Crippen molar-refractivity contribution in [3.63, 3.8) is 0 Å². The highest BCUT2D eigenvalue weighted by atomic mass is 16.3. The lowest BCUT2D eigenvalue weighted by atomic mass is 10.0. The summed E-state index contributed by atoms with van der Waals surface area (Å²) < 4.78 is 0. The summed E-state index contributed by atoms with van der Waals surface area (Å²) in [5.74, 6) is -0.0231. The smallest absolute Gasteiger partial charge is 0.223 e. The fourth-order valence-electron chi connectivity index (χ4n) is 2.91. The molecule has 0 aliphatic carbocycles. The lowest BCUT2D eigenvalue weighted by Crippen LogP contribution is -2.42. The summed E-state index contributed by atoms with van der Waals surface area (Å²) in [5, 5.41) is 9.97. The third kappa shape index (κ3) is 3.91. The average Bonchev–Trinajstić information content (AvgIpc) is 3.02. The molecule has 0 bridgehead atoms. The zero-order valence-corrected chi connectivity index (χ0v) is 12.5. The van der Waals surface area contributed by atoms with Crippen molar-refractivity contribution in [2.45, 2.75) is 51.2 Å². The number of aliphatic hydroxyl groups is 1. The van der Waals surface area contributed by atoms with E-state index in [1.807, 2.05) is 25.1 Å². The van der Waals surface area contributed by atoms with Crippen molar-refractivity contribution in [1.29, 1.82) is 0 Å². The fraction of sp³-hybridized carbons (Fsp3) is 0.529. The van der Waals surface area contributed by atoms with Gasteiger partial charge in [0.05, 0.1) is 12.1 Å². The van der Waals surface area contributed by atoms with Crippen molar-refractivity contribution in [2.24, 2.45) is 0 Å². The van der Waals surface area contributed by atoms with E-state index in [4.69, 9.17) is 0 Å². The molecule has 1 fully saturated rings. The molecule has 0 saturated carbocycles. The first-order valence-electron chi connectivity index (χ1n) is 7.69. The van der Waals surface area contributed by atoms with Crippen LogP contribution in [0.15, 0.2) is 30.3 Å². The van der Waals surface area contributed by atoms with Gasteiger partial charge >= 0.3 is 0 Å². The number of aliphatic hydroxyl groups excluding tert-OH is 1. The third-order valence-electron chi connectivity index (χ3n) is 4.14. The van der Waals surface area contributed by atoms with Gasteiger partial charge in [0.25, 0.3) is 0 Å². The molecule has 2 rings (SSSR count). The van der Waals surface area contributed by atoms with Crippen molar-refractivity contribution in [2.75, 3.05) is 6.54 Å². The minimum atomic E-state index is -0.457. The maximum absolute atomic E-state index is 12.3. The minimum Gasteiger partial charge on any atom is -0.391 e. The minimum absolute atomic E-state index is 0.00395. The van der Waals surface area contributed by atoms with E-state index >= 15 is 0 Å². The molecule has 1 aromatic rings. The molecule has 21 heavy (non-hydrogen) atoms. The Hall–Kier alpha value is -1.68. The van der Waals surface area contributed by atoms with Crippen LogP contribution in [0.3, 0.4) is 0 Å². The highest BCUT2D eigenvalue weighted by Gasteiger charge is 2.32. The molecule has 2 unspecified atom stereocenters. The third-order valence-corrected chi connectivity index (χ3v) is 4.14. The first kappa shape index (κ1) is 15.7. The van der Waals surface area contributed by atoms with Gasteiger partial charge < -0.3 is 10.0 Å². The lowest BCUT2D eigenvalue weighted by molar-refractivity contribution is -0.134. The van der Waals surface area contributed by atoms with Crippen LogP contribution in [-0.2, 0) is 4.79 Å². The van der Waals surface area contributed by atoms with E-state index in [0.717, 1.165) is 12.8 Å². The van der Waals surface area contributed by atoms with Crippen molar-refractivity contribution >= 4 is 11.7 Å². The highest BCUT2D eigenvalue weighted by molar-refractivity contribution is 5.97. The topological polar surface area (TPSA) is 57.6 Å². The molecule has 1 aliphatic rings. The second-order valence-corrected chi connectivity index (χ2v) is 5.56. The Morgan fingerprint density at radius 3 is 2.67 bits per heavy atom. The summed E-state index contributed by atoms with van der Waals surface area (Å²) in [5.41, 5.74) is 0.650. The molecular formula is C17H23NO3. The Morgan fingerprint density at radius 2 is 2.00 bits per heavy atom. The fourth-order valence-corrected chi connectivity index (χ4v) is 2.91. The summed E-state index contributed by atoms with van der Waals surface area (Å²) in [7, 11) is 0. The number of Topliss-reactive ketones (excluding diaryl/α,β-unsaturated/α-hetero) is 1. The Balaban J connectivity index is 1.88. The molecule has 1 amide bonds. The summed E-state index contributed by atoms with van der Waals surface area (Å²) in [6, 6.07) is 8.97. The quantitative estimate of drug-likeness (QED) is 0.818. The summed E-state index contributed by atoms with van der Waals surface area (Å²) in [4.78, 5) is 26.0. The van der Waals surface area contributed by atoms with Gasteiger partial charge in [-0.15, -0.1) is 0 Å². The largest absolute Gasteiger partial charge is 0.391 e. The number of ketones is 1. The van der Waals surface area contributed by atoms with Gasteiger partial charge in [0.15, 0.2) is 5.78 Å². The van der Waals surface area contributed by atoms with Crippen LogP contribution < -0.4 is 0 Å². The summed E-state index contributed by atoms with van der Waals surface area (Å²) in [6.07, 6.45) is 2.43. The Kier molecular flexibility index (Phi) is 5.51. The molecule has 1 aromatic carbocycles. The Bertz CT molecular complexity index is 486. The van der Waals surface area contributed by atoms with Crippen molar-refractivity contribution in [3.8, 4) is 0 Å². The van der Waals surface area contributed by atoms with E-state index in [1.54, 1.807) is 17.0 Å². The van der Waals surface area contributed by atoms with E-state index in [1.165, 1.54) is 0 Å². The normalized spacial score (nSPS) is 19.5. The molecule has 2 atom stereocenters. The molecule has 1 saturated heterocycles. The predicted octanol–water partition coefficient (Wildman–Crippen LogP) is 2.41.